The van der Waals surface area contributed by atoms with Crippen LogP contribution in [-0.2, 0) is 11.2 Å². The van der Waals surface area contributed by atoms with Gasteiger partial charge in [0, 0.05) is 12.1 Å². The van der Waals surface area contributed by atoms with Crippen molar-refractivity contribution in [1.82, 2.24) is 0 Å². The van der Waals surface area contributed by atoms with Crippen LogP contribution in [0.1, 0.15) is 34.8 Å². The average Bonchev–Trinajstić information content (AvgIpc) is 2.90. The van der Waals surface area contributed by atoms with Crippen molar-refractivity contribution in [2.75, 3.05) is 6.61 Å². The number of nitro groups is 1. The number of benzene rings is 2. The van der Waals surface area contributed by atoms with Crippen molar-refractivity contribution >= 4 is 11.7 Å². The van der Waals surface area contributed by atoms with Crippen LogP contribution in [0.2, 0.25) is 0 Å². The van der Waals surface area contributed by atoms with Crippen molar-refractivity contribution in [1.29, 1.82) is 0 Å². The standard InChI is InChI=1S/C17H15NO4/c1-2-8-22-17(19)15-5-3-4-14-13-7-6-12(18(20)21)9-11(13)10-16(14)15/h3-7,9H,2,8,10H2,1H3. The van der Waals surface area contributed by atoms with Crippen molar-refractivity contribution in [3.05, 3.63) is 63.2 Å². The molecule has 0 atom stereocenters. The van der Waals surface area contributed by atoms with Gasteiger partial charge in [0.15, 0.2) is 0 Å². The molecule has 1 aliphatic rings. The van der Waals surface area contributed by atoms with Crippen LogP contribution in [0.3, 0.4) is 0 Å². The van der Waals surface area contributed by atoms with Gasteiger partial charge in [0.2, 0.25) is 0 Å². The van der Waals surface area contributed by atoms with Gasteiger partial charge in [0.25, 0.3) is 5.69 Å². The number of esters is 1. The molecule has 0 heterocycles. The molecule has 5 nitrogen and oxygen atoms in total. The molecule has 0 radical (unpaired) electrons. The molecule has 5 heteroatoms. The number of fused-ring (bicyclic) bond motifs is 3. The van der Waals surface area contributed by atoms with Crippen LogP contribution in [0.25, 0.3) is 11.1 Å². The Kier molecular flexibility index (Phi) is 3.63. The van der Waals surface area contributed by atoms with Crippen LogP contribution in [0.4, 0.5) is 5.69 Å². The second-order valence-electron chi connectivity index (χ2n) is 5.24. The smallest absolute Gasteiger partial charge is 0.338 e. The summed E-state index contributed by atoms with van der Waals surface area (Å²) in [5, 5.41) is 10.9. The van der Waals surface area contributed by atoms with E-state index in [2.05, 4.69) is 0 Å². The van der Waals surface area contributed by atoms with Crippen LogP contribution in [-0.4, -0.2) is 17.5 Å². The normalized spacial score (nSPS) is 11.7. The Balaban J connectivity index is 2.01. The number of carbonyl (C=O) groups excluding carboxylic acids is 1. The summed E-state index contributed by atoms with van der Waals surface area (Å²) in [6.45, 7) is 2.33. The Morgan fingerprint density at radius 3 is 2.82 bits per heavy atom. The molecule has 0 saturated heterocycles. The van der Waals surface area contributed by atoms with Crippen LogP contribution in [0, 0.1) is 10.1 Å². The predicted octanol–water partition coefficient (Wildman–Crippen LogP) is 3.73. The first kappa shape index (κ1) is 14.3. The SMILES string of the molecule is CCCOC(=O)c1cccc2c1Cc1cc([N+](=O)[O-])ccc1-2. The topological polar surface area (TPSA) is 69.4 Å². The Morgan fingerprint density at radius 2 is 2.09 bits per heavy atom. The number of nitrogens with zero attached hydrogens (tertiary/aromatic N) is 1. The van der Waals surface area contributed by atoms with E-state index in [0.717, 1.165) is 28.7 Å². The minimum Gasteiger partial charge on any atom is -0.462 e. The van der Waals surface area contributed by atoms with Gasteiger partial charge in [-0.25, -0.2) is 4.79 Å². The Hall–Kier alpha value is -2.69. The van der Waals surface area contributed by atoms with Crippen molar-refractivity contribution in [2.24, 2.45) is 0 Å². The summed E-state index contributed by atoms with van der Waals surface area (Å²) in [7, 11) is 0. The van der Waals surface area contributed by atoms with Gasteiger partial charge in [-0.1, -0.05) is 19.1 Å². The average molecular weight is 297 g/mol. The molecule has 2 aromatic carbocycles. The van der Waals surface area contributed by atoms with Gasteiger partial charge in [-0.2, -0.15) is 0 Å². The maximum Gasteiger partial charge on any atom is 0.338 e. The van der Waals surface area contributed by atoms with Gasteiger partial charge in [-0.15, -0.1) is 0 Å². The summed E-state index contributed by atoms with van der Waals surface area (Å²) < 4.78 is 5.22. The molecule has 0 fully saturated rings. The Labute approximate surface area is 127 Å². The largest absolute Gasteiger partial charge is 0.462 e. The van der Waals surface area contributed by atoms with Gasteiger partial charge in [0.1, 0.15) is 0 Å². The third-order valence-electron chi connectivity index (χ3n) is 3.79. The first-order valence-electron chi connectivity index (χ1n) is 7.18. The number of carbonyl (C=O) groups is 1. The second-order valence-corrected chi connectivity index (χ2v) is 5.24. The molecule has 0 N–H and O–H groups in total. The lowest BCUT2D eigenvalue weighted by Gasteiger charge is -2.08. The van der Waals surface area contributed by atoms with Gasteiger partial charge in [-0.05, 0) is 47.2 Å². The molecular formula is C17H15NO4. The summed E-state index contributed by atoms with van der Waals surface area (Å²) in [5.41, 5.74) is 4.28. The minimum atomic E-state index is -0.403. The van der Waals surface area contributed by atoms with Crippen LogP contribution < -0.4 is 0 Å². The van der Waals surface area contributed by atoms with Gasteiger partial charge in [0.05, 0.1) is 17.1 Å². The molecule has 0 aliphatic heterocycles. The van der Waals surface area contributed by atoms with Crippen LogP contribution >= 0.6 is 0 Å². The van der Waals surface area contributed by atoms with Crippen molar-refractivity contribution < 1.29 is 14.5 Å². The van der Waals surface area contributed by atoms with E-state index in [9.17, 15) is 14.9 Å². The molecule has 0 amide bonds. The number of hydrogen-bond acceptors (Lipinski definition) is 4. The lowest BCUT2D eigenvalue weighted by molar-refractivity contribution is -0.384. The highest BCUT2D eigenvalue weighted by Crippen LogP contribution is 2.39. The molecule has 3 rings (SSSR count). The molecule has 0 unspecified atom stereocenters. The van der Waals surface area contributed by atoms with E-state index in [-0.39, 0.29) is 11.7 Å². The monoisotopic (exact) mass is 297 g/mol. The van der Waals surface area contributed by atoms with E-state index in [1.807, 2.05) is 19.1 Å². The predicted molar refractivity (Wildman–Crippen MR) is 81.9 cm³/mol. The zero-order valence-electron chi connectivity index (χ0n) is 12.2. The summed E-state index contributed by atoms with van der Waals surface area (Å²) in [6.07, 6.45) is 1.29. The maximum absolute atomic E-state index is 12.2. The molecule has 0 bridgehead atoms. The van der Waals surface area contributed by atoms with E-state index < -0.39 is 4.92 Å². The van der Waals surface area contributed by atoms with Crippen LogP contribution in [0.5, 0.6) is 0 Å². The lowest BCUT2D eigenvalue weighted by atomic mass is 10.0. The molecule has 22 heavy (non-hydrogen) atoms. The zero-order valence-corrected chi connectivity index (χ0v) is 12.2. The third kappa shape index (κ3) is 2.35. The Morgan fingerprint density at radius 1 is 1.27 bits per heavy atom. The lowest BCUT2D eigenvalue weighted by Crippen LogP contribution is -2.08. The zero-order chi connectivity index (χ0) is 15.7. The molecule has 112 valence electrons. The summed E-state index contributed by atoms with van der Waals surface area (Å²) in [5.74, 6) is -0.332. The molecule has 0 saturated carbocycles. The molecule has 0 spiro atoms. The second kappa shape index (κ2) is 5.60. The maximum atomic E-state index is 12.2. The fourth-order valence-electron chi connectivity index (χ4n) is 2.79. The third-order valence-corrected chi connectivity index (χ3v) is 3.79. The highest BCUT2D eigenvalue weighted by atomic mass is 16.6. The van der Waals surface area contributed by atoms with Crippen molar-refractivity contribution in [2.45, 2.75) is 19.8 Å². The molecule has 0 aromatic heterocycles. The molecule has 1 aliphatic carbocycles. The number of hydrogen-bond donors (Lipinski definition) is 0. The Bertz CT molecular complexity index is 767. The van der Waals surface area contributed by atoms with Crippen LogP contribution in [0.15, 0.2) is 36.4 Å². The fourth-order valence-corrected chi connectivity index (χ4v) is 2.79. The van der Waals surface area contributed by atoms with Crippen molar-refractivity contribution in [3.8, 4) is 11.1 Å². The quantitative estimate of drug-likeness (QED) is 0.418. The summed E-state index contributed by atoms with van der Waals surface area (Å²) in [4.78, 5) is 22.7. The number of rotatable bonds is 4. The summed E-state index contributed by atoms with van der Waals surface area (Å²) in [6, 6.07) is 10.3. The number of ether oxygens (including phenoxy) is 1. The minimum absolute atomic E-state index is 0.0710. The van der Waals surface area contributed by atoms with Gasteiger partial charge >= 0.3 is 5.97 Å². The van der Waals surface area contributed by atoms with Gasteiger partial charge < -0.3 is 4.74 Å². The first-order chi connectivity index (χ1) is 10.6. The first-order valence-corrected chi connectivity index (χ1v) is 7.18. The molecular weight excluding hydrogens is 282 g/mol. The van der Waals surface area contributed by atoms with E-state index in [4.69, 9.17) is 4.74 Å². The van der Waals surface area contributed by atoms with E-state index in [1.54, 1.807) is 18.2 Å². The number of nitro benzene ring substituents is 1. The summed E-state index contributed by atoms with van der Waals surface area (Å²) >= 11 is 0. The highest BCUT2D eigenvalue weighted by molar-refractivity contribution is 5.95. The number of non-ortho nitro benzene ring substituents is 1. The highest BCUT2D eigenvalue weighted by Gasteiger charge is 2.25. The van der Waals surface area contributed by atoms with E-state index in [0.29, 0.717) is 18.6 Å². The van der Waals surface area contributed by atoms with E-state index in [1.165, 1.54) is 6.07 Å². The van der Waals surface area contributed by atoms with E-state index >= 15 is 0 Å². The van der Waals surface area contributed by atoms with Gasteiger partial charge in [-0.3, -0.25) is 10.1 Å². The molecule has 2 aromatic rings. The fraction of sp³-hybridized carbons (Fsp3) is 0.235. The van der Waals surface area contributed by atoms with Crippen molar-refractivity contribution in [3.63, 3.8) is 0 Å².